The zero-order valence-electron chi connectivity index (χ0n) is 9.76. The van der Waals surface area contributed by atoms with E-state index in [-0.39, 0.29) is 10.3 Å². The minimum atomic E-state index is -4.43. The van der Waals surface area contributed by atoms with Crippen molar-refractivity contribution in [3.05, 3.63) is 28.0 Å². The van der Waals surface area contributed by atoms with Gasteiger partial charge in [-0.25, -0.2) is 4.98 Å². The minimum absolute atomic E-state index is 0.101. The Labute approximate surface area is 112 Å². The molecule has 18 heavy (non-hydrogen) atoms. The molecule has 0 radical (unpaired) electrons. The highest BCUT2D eigenvalue weighted by Crippen LogP contribution is 2.33. The molecule has 0 N–H and O–H groups in total. The largest absolute Gasteiger partial charge is 0.416 e. The number of aromatic nitrogens is 1. The van der Waals surface area contributed by atoms with E-state index in [1.54, 1.807) is 0 Å². The van der Waals surface area contributed by atoms with Gasteiger partial charge in [-0.15, -0.1) is 0 Å². The van der Waals surface area contributed by atoms with Crippen LogP contribution in [0.25, 0.3) is 0 Å². The first kappa shape index (κ1) is 15.0. The van der Waals surface area contributed by atoms with Crippen LogP contribution in [0.2, 0.25) is 0 Å². The van der Waals surface area contributed by atoms with Crippen LogP contribution in [0.4, 0.5) is 13.2 Å². The van der Waals surface area contributed by atoms with Crippen LogP contribution in [-0.2, 0) is 6.18 Å². The van der Waals surface area contributed by atoms with Crippen molar-refractivity contribution in [3.63, 3.8) is 0 Å². The lowest BCUT2D eigenvalue weighted by Gasteiger charge is -2.12. The molecule has 1 aromatic heterocycles. The summed E-state index contributed by atoms with van der Waals surface area (Å²) < 4.78 is 38.0. The first-order valence-electron chi connectivity index (χ1n) is 5.52. The lowest BCUT2D eigenvalue weighted by Crippen LogP contribution is -2.08. The van der Waals surface area contributed by atoms with Gasteiger partial charge in [0.05, 0.1) is 23.2 Å². The van der Waals surface area contributed by atoms with Gasteiger partial charge in [-0.2, -0.15) is 18.4 Å². The summed E-state index contributed by atoms with van der Waals surface area (Å²) in [6.07, 6.45) is -2.23. The third-order valence-electron chi connectivity index (χ3n) is 2.50. The van der Waals surface area contributed by atoms with E-state index >= 15 is 0 Å². The summed E-state index contributed by atoms with van der Waals surface area (Å²) in [7, 11) is 0. The Morgan fingerprint density at radius 3 is 2.61 bits per heavy atom. The van der Waals surface area contributed by atoms with Crippen molar-refractivity contribution in [2.24, 2.45) is 0 Å². The van der Waals surface area contributed by atoms with Crippen molar-refractivity contribution >= 4 is 15.9 Å². The van der Waals surface area contributed by atoms with Gasteiger partial charge in [0.2, 0.25) is 0 Å². The Morgan fingerprint density at radius 2 is 2.11 bits per heavy atom. The summed E-state index contributed by atoms with van der Waals surface area (Å²) in [4.78, 5) is 3.97. The van der Waals surface area contributed by atoms with E-state index in [2.05, 4.69) is 20.9 Å². The first-order chi connectivity index (χ1) is 8.38. The van der Waals surface area contributed by atoms with Gasteiger partial charge in [-0.05, 0) is 34.5 Å². The maximum Gasteiger partial charge on any atom is 0.416 e. The fourth-order valence-corrected chi connectivity index (χ4v) is 2.00. The van der Waals surface area contributed by atoms with Gasteiger partial charge in [0.25, 0.3) is 0 Å². The number of alkyl halides is 3. The van der Waals surface area contributed by atoms with E-state index in [1.807, 2.05) is 13.0 Å². The highest BCUT2D eigenvalue weighted by molar-refractivity contribution is 9.10. The van der Waals surface area contributed by atoms with E-state index in [1.165, 1.54) is 0 Å². The maximum atomic E-state index is 12.6. The monoisotopic (exact) mass is 320 g/mol. The van der Waals surface area contributed by atoms with Crippen molar-refractivity contribution in [2.45, 2.75) is 38.3 Å². The van der Waals surface area contributed by atoms with E-state index in [9.17, 15) is 13.2 Å². The van der Waals surface area contributed by atoms with Gasteiger partial charge in [0.15, 0.2) is 0 Å². The predicted molar refractivity (Wildman–Crippen MR) is 64.8 cm³/mol. The molecule has 98 valence electrons. The second-order valence-corrected chi connectivity index (χ2v) is 4.74. The van der Waals surface area contributed by atoms with E-state index < -0.39 is 17.7 Å². The summed E-state index contributed by atoms with van der Waals surface area (Å²) in [5.41, 5.74) is -0.608. The standard InChI is InChI=1S/C12H12BrF3N2/c1-2-3-4-8(7-17)10-5-9(12(14,15)16)6-11(13)18-10/h5-6,8H,2-4H2,1H3. The molecule has 0 saturated carbocycles. The molecule has 2 nitrogen and oxygen atoms in total. The highest BCUT2D eigenvalue weighted by Gasteiger charge is 2.32. The number of unbranched alkanes of at least 4 members (excludes halogenated alkanes) is 1. The Kier molecular flexibility index (Phi) is 5.15. The Morgan fingerprint density at radius 1 is 1.44 bits per heavy atom. The van der Waals surface area contributed by atoms with Gasteiger partial charge in [-0.3, -0.25) is 0 Å². The predicted octanol–water partition coefficient (Wildman–Crippen LogP) is 4.66. The lowest BCUT2D eigenvalue weighted by atomic mass is 9.98. The summed E-state index contributed by atoms with van der Waals surface area (Å²) >= 11 is 2.95. The highest BCUT2D eigenvalue weighted by atomic mass is 79.9. The SMILES string of the molecule is CCCCC(C#N)c1cc(C(F)(F)F)cc(Br)n1. The molecule has 1 aromatic rings. The molecule has 1 rings (SSSR count). The van der Waals surface area contributed by atoms with Crippen molar-refractivity contribution < 1.29 is 13.2 Å². The van der Waals surface area contributed by atoms with Gasteiger partial charge >= 0.3 is 6.18 Å². The number of hydrogen-bond donors (Lipinski definition) is 0. The van der Waals surface area contributed by atoms with Crippen LogP contribution >= 0.6 is 15.9 Å². The van der Waals surface area contributed by atoms with Crippen LogP contribution in [0.5, 0.6) is 0 Å². The molecular weight excluding hydrogens is 309 g/mol. The average Bonchev–Trinajstić information content (AvgIpc) is 2.28. The molecule has 0 aromatic carbocycles. The second-order valence-electron chi connectivity index (χ2n) is 3.93. The summed E-state index contributed by atoms with van der Waals surface area (Å²) in [5, 5.41) is 9.00. The normalized spacial score (nSPS) is 13.1. The summed E-state index contributed by atoms with van der Waals surface area (Å²) in [6.45, 7) is 1.96. The molecule has 1 heterocycles. The van der Waals surface area contributed by atoms with Crippen molar-refractivity contribution in [3.8, 4) is 6.07 Å². The number of hydrogen-bond acceptors (Lipinski definition) is 2. The third-order valence-corrected chi connectivity index (χ3v) is 2.91. The maximum absolute atomic E-state index is 12.6. The molecule has 6 heteroatoms. The molecule has 0 bridgehead atoms. The molecule has 0 aliphatic carbocycles. The Hall–Kier alpha value is -1.09. The molecule has 1 atom stereocenters. The van der Waals surface area contributed by atoms with Gasteiger partial charge in [-0.1, -0.05) is 19.8 Å². The van der Waals surface area contributed by atoms with Crippen LogP contribution in [0.15, 0.2) is 16.7 Å². The van der Waals surface area contributed by atoms with Crippen LogP contribution in [0.3, 0.4) is 0 Å². The lowest BCUT2D eigenvalue weighted by molar-refractivity contribution is -0.137. The molecular formula is C12H12BrF3N2. The number of nitrogens with zero attached hydrogens (tertiary/aromatic N) is 2. The average molecular weight is 321 g/mol. The molecule has 1 unspecified atom stereocenters. The zero-order chi connectivity index (χ0) is 13.8. The number of rotatable bonds is 4. The van der Waals surface area contributed by atoms with Crippen molar-refractivity contribution in [1.82, 2.24) is 4.98 Å². The molecule has 0 aliphatic heterocycles. The number of halogens is 4. The van der Waals surface area contributed by atoms with Crippen LogP contribution in [0.1, 0.15) is 43.4 Å². The van der Waals surface area contributed by atoms with Crippen molar-refractivity contribution in [2.75, 3.05) is 0 Å². The minimum Gasteiger partial charge on any atom is -0.245 e. The number of nitriles is 1. The van der Waals surface area contributed by atoms with Crippen LogP contribution < -0.4 is 0 Å². The van der Waals surface area contributed by atoms with Gasteiger partial charge in [0.1, 0.15) is 4.60 Å². The fraction of sp³-hybridized carbons (Fsp3) is 0.500. The fourth-order valence-electron chi connectivity index (χ4n) is 1.55. The second kappa shape index (κ2) is 6.19. The topological polar surface area (TPSA) is 36.7 Å². The first-order valence-corrected chi connectivity index (χ1v) is 6.32. The molecule has 0 aliphatic rings. The zero-order valence-corrected chi connectivity index (χ0v) is 11.3. The molecule has 0 spiro atoms. The van der Waals surface area contributed by atoms with Crippen molar-refractivity contribution in [1.29, 1.82) is 5.26 Å². The number of pyridine rings is 1. The van der Waals surface area contributed by atoms with Gasteiger partial charge in [0, 0.05) is 0 Å². The Bertz CT molecular complexity index is 452. The Balaban J connectivity index is 3.09. The van der Waals surface area contributed by atoms with E-state index in [0.29, 0.717) is 6.42 Å². The molecule has 0 saturated heterocycles. The van der Waals surface area contributed by atoms with Gasteiger partial charge < -0.3 is 0 Å². The third kappa shape index (κ3) is 3.98. The molecule has 0 fully saturated rings. The summed E-state index contributed by atoms with van der Waals surface area (Å²) in [6, 6.07) is 3.88. The summed E-state index contributed by atoms with van der Waals surface area (Å²) in [5.74, 6) is -0.594. The molecule has 0 amide bonds. The smallest absolute Gasteiger partial charge is 0.245 e. The quantitative estimate of drug-likeness (QED) is 0.756. The van der Waals surface area contributed by atoms with E-state index in [4.69, 9.17) is 5.26 Å². The van der Waals surface area contributed by atoms with Crippen LogP contribution in [-0.4, -0.2) is 4.98 Å². The van der Waals surface area contributed by atoms with Crippen LogP contribution in [0, 0.1) is 11.3 Å². The van der Waals surface area contributed by atoms with E-state index in [0.717, 1.165) is 25.0 Å².